The molecule has 1 aliphatic rings. The Hall–Kier alpha value is -2.64. The van der Waals surface area contributed by atoms with E-state index in [1.54, 1.807) is 13.2 Å². The minimum atomic E-state index is 0.280. The van der Waals surface area contributed by atoms with Crippen LogP contribution in [0.2, 0.25) is 5.02 Å². The highest BCUT2D eigenvalue weighted by atomic mass is 35.5. The van der Waals surface area contributed by atoms with Gasteiger partial charge in [-0.1, -0.05) is 23.7 Å². The number of imidazole rings is 1. The molecule has 2 aromatic heterocycles. The molecule has 1 aliphatic heterocycles. The fourth-order valence-electron chi connectivity index (χ4n) is 3.17. The molecule has 7 nitrogen and oxygen atoms in total. The van der Waals surface area contributed by atoms with E-state index < -0.39 is 0 Å². The van der Waals surface area contributed by atoms with Crippen LogP contribution < -0.4 is 10.2 Å². The number of halogens is 1. The summed E-state index contributed by atoms with van der Waals surface area (Å²) in [5.74, 6) is 1.68. The van der Waals surface area contributed by atoms with Crippen LogP contribution in [-0.2, 0) is 9.53 Å². The molecule has 28 heavy (non-hydrogen) atoms. The lowest BCUT2D eigenvalue weighted by molar-refractivity contribution is -0.109. The summed E-state index contributed by atoms with van der Waals surface area (Å²) in [7, 11) is 1.56. The van der Waals surface area contributed by atoms with Crippen molar-refractivity contribution in [3.63, 3.8) is 0 Å². The van der Waals surface area contributed by atoms with Crippen LogP contribution in [0.5, 0.6) is 0 Å². The lowest BCUT2D eigenvalue weighted by Gasteiger charge is -2.18. The summed E-state index contributed by atoms with van der Waals surface area (Å²) in [5.41, 5.74) is 2.80. The fourth-order valence-corrected chi connectivity index (χ4v) is 3.36. The van der Waals surface area contributed by atoms with Crippen molar-refractivity contribution in [1.82, 2.24) is 20.3 Å². The number of amides is 1. The van der Waals surface area contributed by atoms with E-state index in [-0.39, 0.29) is 6.10 Å². The second kappa shape index (κ2) is 9.52. The largest absolute Gasteiger partial charge is 0.377 e. The Bertz CT molecular complexity index is 897. The first-order valence-electron chi connectivity index (χ1n) is 9.24. The van der Waals surface area contributed by atoms with Gasteiger partial charge in [-0.05, 0) is 31.5 Å². The zero-order valence-corrected chi connectivity index (χ0v) is 16.7. The van der Waals surface area contributed by atoms with Crippen LogP contribution in [0.4, 0.5) is 5.82 Å². The van der Waals surface area contributed by atoms with Crippen LogP contribution in [0.15, 0.2) is 36.5 Å². The van der Waals surface area contributed by atoms with Crippen molar-refractivity contribution < 1.29 is 9.53 Å². The van der Waals surface area contributed by atoms with Crippen LogP contribution in [0, 0.1) is 0 Å². The number of rotatable bonds is 5. The van der Waals surface area contributed by atoms with Crippen LogP contribution in [0.3, 0.4) is 0 Å². The maximum atomic E-state index is 9.06. The molecule has 0 bridgehead atoms. The third kappa shape index (κ3) is 4.61. The summed E-state index contributed by atoms with van der Waals surface area (Å²) in [6.07, 6.45) is 3.63. The number of H-pyrrole nitrogens is 1. The van der Waals surface area contributed by atoms with E-state index in [0.717, 1.165) is 54.4 Å². The van der Waals surface area contributed by atoms with E-state index >= 15 is 0 Å². The Balaban J connectivity index is 0.000000516. The predicted molar refractivity (Wildman–Crippen MR) is 112 cm³/mol. The number of pyridine rings is 1. The Morgan fingerprint density at radius 2 is 2.21 bits per heavy atom. The third-order valence-electron chi connectivity index (χ3n) is 4.47. The fraction of sp³-hybridized carbons (Fsp3) is 0.350. The van der Waals surface area contributed by atoms with Gasteiger partial charge < -0.3 is 19.9 Å². The van der Waals surface area contributed by atoms with Crippen LogP contribution in [-0.4, -0.2) is 54.2 Å². The minimum absolute atomic E-state index is 0.280. The van der Waals surface area contributed by atoms with Crippen molar-refractivity contribution in [1.29, 1.82) is 0 Å². The minimum Gasteiger partial charge on any atom is -0.377 e. The van der Waals surface area contributed by atoms with Gasteiger partial charge in [0.25, 0.3) is 0 Å². The Labute approximate surface area is 169 Å². The first-order chi connectivity index (χ1) is 13.7. The van der Waals surface area contributed by atoms with Crippen molar-refractivity contribution >= 4 is 34.9 Å². The predicted octanol–water partition coefficient (Wildman–Crippen LogP) is 3.26. The van der Waals surface area contributed by atoms with Gasteiger partial charge in [0.05, 0.1) is 22.2 Å². The smallest absolute Gasteiger partial charge is 0.206 e. The molecule has 2 N–H and O–H groups in total. The standard InChI is InChI=1S/C18H19ClN4O.C2H5NO/c1-2-24-12-7-8-23(11-12)17-9-13(14(19)10-20-17)18-21-15-5-3-4-6-16(15)22-18;1-3-2-4/h3-6,9-10,12H,2,7-8,11H2,1H3,(H,21,22);2H,1H3,(H,3,4). The van der Waals surface area contributed by atoms with Crippen molar-refractivity contribution in [3.8, 4) is 11.4 Å². The van der Waals surface area contributed by atoms with Crippen LogP contribution in [0.25, 0.3) is 22.4 Å². The topological polar surface area (TPSA) is 83.1 Å². The van der Waals surface area contributed by atoms with Crippen molar-refractivity contribution in [2.45, 2.75) is 19.4 Å². The number of fused-ring (bicyclic) bond motifs is 1. The molecule has 1 amide bonds. The maximum absolute atomic E-state index is 9.06. The van der Waals surface area contributed by atoms with E-state index in [1.807, 2.05) is 37.3 Å². The van der Waals surface area contributed by atoms with Gasteiger partial charge >= 0.3 is 0 Å². The lowest BCUT2D eigenvalue weighted by Crippen LogP contribution is -2.23. The average molecular weight is 402 g/mol. The van der Waals surface area contributed by atoms with Crippen LogP contribution >= 0.6 is 11.6 Å². The van der Waals surface area contributed by atoms with Crippen molar-refractivity contribution in [2.75, 3.05) is 31.6 Å². The molecule has 148 valence electrons. The summed E-state index contributed by atoms with van der Waals surface area (Å²) >= 11 is 6.38. The van der Waals surface area contributed by atoms with Gasteiger partial charge in [-0.2, -0.15) is 0 Å². The molecule has 1 atom stereocenters. The van der Waals surface area contributed by atoms with E-state index in [9.17, 15) is 0 Å². The molecular weight excluding hydrogens is 378 g/mol. The number of hydrogen-bond donors (Lipinski definition) is 2. The first-order valence-corrected chi connectivity index (χ1v) is 9.62. The first kappa shape index (κ1) is 20.1. The monoisotopic (exact) mass is 401 g/mol. The summed E-state index contributed by atoms with van der Waals surface area (Å²) in [6, 6.07) is 9.97. The zero-order valence-electron chi connectivity index (χ0n) is 16.0. The summed E-state index contributed by atoms with van der Waals surface area (Å²) in [4.78, 5) is 23.8. The number of carbonyl (C=O) groups excluding carboxylic acids is 1. The maximum Gasteiger partial charge on any atom is 0.206 e. The molecule has 3 heterocycles. The van der Waals surface area contributed by atoms with E-state index in [4.69, 9.17) is 21.1 Å². The van der Waals surface area contributed by atoms with Gasteiger partial charge in [-0.25, -0.2) is 9.97 Å². The molecule has 3 aromatic rings. The van der Waals surface area contributed by atoms with E-state index in [0.29, 0.717) is 11.4 Å². The van der Waals surface area contributed by atoms with Crippen molar-refractivity contribution in [3.05, 3.63) is 41.6 Å². The summed E-state index contributed by atoms with van der Waals surface area (Å²) in [6.45, 7) is 4.58. The highest BCUT2D eigenvalue weighted by Crippen LogP contribution is 2.31. The highest BCUT2D eigenvalue weighted by molar-refractivity contribution is 6.33. The van der Waals surface area contributed by atoms with Gasteiger partial charge in [-0.3, -0.25) is 4.79 Å². The third-order valence-corrected chi connectivity index (χ3v) is 4.78. The summed E-state index contributed by atoms with van der Waals surface area (Å²) in [5, 5.41) is 2.85. The molecular formula is C20H24ClN5O2. The van der Waals surface area contributed by atoms with Crippen molar-refractivity contribution in [2.24, 2.45) is 0 Å². The molecule has 0 spiro atoms. The number of ether oxygens (including phenoxy) is 1. The quantitative estimate of drug-likeness (QED) is 0.641. The highest BCUT2D eigenvalue weighted by Gasteiger charge is 2.24. The number of carbonyl (C=O) groups is 1. The van der Waals surface area contributed by atoms with Gasteiger partial charge in [0.2, 0.25) is 6.41 Å². The van der Waals surface area contributed by atoms with E-state index in [2.05, 4.69) is 25.2 Å². The molecule has 1 fully saturated rings. The number of nitrogens with one attached hydrogen (secondary N) is 2. The SMILES string of the molecule is CCOC1CCN(c2cc(-c3nc4ccccc4[nH]3)c(Cl)cn2)C1.CNC=O. The van der Waals surface area contributed by atoms with Crippen LogP contribution in [0.1, 0.15) is 13.3 Å². The molecule has 0 aliphatic carbocycles. The number of para-hydroxylation sites is 2. The Kier molecular flexibility index (Phi) is 6.84. The molecule has 1 unspecified atom stereocenters. The number of aromatic nitrogens is 3. The second-order valence-electron chi connectivity index (χ2n) is 6.34. The summed E-state index contributed by atoms with van der Waals surface area (Å²) < 4.78 is 5.72. The molecule has 0 radical (unpaired) electrons. The molecule has 1 saturated heterocycles. The van der Waals surface area contributed by atoms with Gasteiger partial charge in [0, 0.05) is 38.5 Å². The Morgan fingerprint density at radius 1 is 1.43 bits per heavy atom. The number of benzene rings is 1. The second-order valence-corrected chi connectivity index (χ2v) is 6.75. The number of hydrogen-bond acceptors (Lipinski definition) is 5. The molecule has 8 heteroatoms. The number of aromatic amines is 1. The van der Waals surface area contributed by atoms with Gasteiger partial charge in [0.1, 0.15) is 11.6 Å². The van der Waals surface area contributed by atoms with E-state index in [1.165, 1.54) is 0 Å². The Morgan fingerprint density at radius 3 is 2.93 bits per heavy atom. The average Bonchev–Trinajstić information content (AvgIpc) is 3.36. The number of anilines is 1. The van der Waals surface area contributed by atoms with Gasteiger partial charge in [-0.15, -0.1) is 0 Å². The molecule has 0 saturated carbocycles. The molecule has 1 aromatic carbocycles. The zero-order chi connectivity index (χ0) is 19.9. The van der Waals surface area contributed by atoms with Gasteiger partial charge in [0.15, 0.2) is 0 Å². The lowest BCUT2D eigenvalue weighted by atomic mass is 10.2. The number of nitrogens with zero attached hydrogens (tertiary/aromatic N) is 3. The molecule has 4 rings (SSSR count). The normalized spacial score (nSPS) is 16.0.